The molecule has 1 N–H and O–H groups in total. The summed E-state index contributed by atoms with van der Waals surface area (Å²) in [6, 6.07) is 15.5. The Morgan fingerprint density at radius 1 is 1.12 bits per heavy atom. The second-order valence-electron chi connectivity index (χ2n) is 6.27. The maximum Gasteiger partial charge on any atom is 0.228 e. The number of aryl methyl sites for hydroxylation is 1. The van der Waals surface area contributed by atoms with Crippen LogP contribution in [0.2, 0.25) is 0 Å². The number of anilines is 2. The van der Waals surface area contributed by atoms with Crippen molar-refractivity contribution in [3.05, 3.63) is 59.7 Å². The highest BCUT2D eigenvalue weighted by Crippen LogP contribution is 2.24. The molecule has 2 amide bonds. The molecule has 2 aromatic carbocycles. The van der Waals surface area contributed by atoms with Gasteiger partial charge in [-0.1, -0.05) is 35.9 Å². The number of carbonyl (C=O) groups is 2. The zero-order chi connectivity index (χ0) is 16.9. The second kappa shape index (κ2) is 7.30. The summed E-state index contributed by atoms with van der Waals surface area (Å²) in [4.78, 5) is 26.1. The van der Waals surface area contributed by atoms with E-state index in [1.54, 1.807) is 4.90 Å². The summed E-state index contributed by atoms with van der Waals surface area (Å²) in [6.07, 6.45) is 2.93. The van der Waals surface area contributed by atoms with Crippen LogP contribution < -0.4 is 10.2 Å². The van der Waals surface area contributed by atoms with Crippen molar-refractivity contribution in [2.45, 2.75) is 32.6 Å². The number of hydrogen-bond acceptors (Lipinski definition) is 2. The second-order valence-corrected chi connectivity index (χ2v) is 6.27. The van der Waals surface area contributed by atoms with E-state index >= 15 is 0 Å². The minimum absolute atomic E-state index is 0.0530. The third-order valence-electron chi connectivity index (χ3n) is 4.21. The van der Waals surface area contributed by atoms with Crippen LogP contribution >= 0.6 is 0 Å². The highest BCUT2D eigenvalue weighted by Gasteiger charge is 2.19. The van der Waals surface area contributed by atoms with E-state index < -0.39 is 0 Å². The average Bonchev–Trinajstić information content (AvgIpc) is 2.55. The monoisotopic (exact) mass is 322 g/mol. The highest BCUT2D eigenvalue weighted by atomic mass is 16.2. The third kappa shape index (κ3) is 4.02. The van der Waals surface area contributed by atoms with Gasteiger partial charge in [-0.05, 0) is 43.5 Å². The van der Waals surface area contributed by atoms with E-state index in [1.165, 1.54) is 0 Å². The van der Waals surface area contributed by atoms with Crippen LogP contribution in [-0.2, 0) is 16.0 Å². The van der Waals surface area contributed by atoms with Gasteiger partial charge in [0, 0.05) is 24.3 Å². The minimum Gasteiger partial charge on any atom is -0.326 e. The number of hydrogen-bond donors (Lipinski definition) is 1. The van der Waals surface area contributed by atoms with Gasteiger partial charge in [0.2, 0.25) is 11.8 Å². The van der Waals surface area contributed by atoms with Crippen LogP contribution in [0.5, 0.6) is 0 Å². The Balaban J connectivity index is 1.68. The Morgan fingerprint density at radius 3 is 2.75 bits per heavy atom. The summed E-state index contributed by atoms with van der Waals surface area (Å²) in [5.41, 5.74) is 3.72. The first kappa shape index (κ1) is 16.2. The normalized spacial score (nSPS) is 14.5. The molecule has 24 heavy (non-hydrogen) atoms. The standard InChI is InChI=1S/C20H22N2O2/c1-15-6-4-7-16(12-15)13-19(23)21-17-8-5-9-18(14-17)22-11-3-2-10-20(22)24/h4-9,12,14H,2-3,10-11,13H2,1H3,(H,21,23). The quantitative estimate of drug-likeness (QED) is 0.933. The summed E-state index contributed by atoms with van der Waals surface area (Å²) in [6.45, 7) is 2.76. The van der Waals surface area contributed by atoms with Crippen LogP contribution in [0.15, 0.2) is 48.5 Å². The molecule has 0 bridgehead atoms. The molecule has 1 fully saturated rings. The molecule has 4 nitrogen and oxygen atoms in total. The molecule has 3 rings (SSSR count). The Kier molecular flexibility index (Phi) is 4.94. The lowest BCUT2D eigenvalue weighted by molar-refractivity contribution is -0.119. The number of amides is 2. The van der Waals surface area contributed by atoms with E-state index in [2.05, 4.69) is 5.32 Å². The fraction of sp³-hybridized carbons (Fsp3) is 0.300. The highest BCUT2D eigenvalue weighted by molar-refractivity contribution is 5.96. The molecule has 0 aliphatic carbocycles. The fourth-order valence-corrected chi connectivity index (χ4v) is 3.04. The van der Waals surface area contributed by atoms with Gasteiger partial charge in [0.05, 0.1) is 6.42 Å². The lowest BCUT2D eigenvalue weighted by atomic mass is 10.1. The molecule has 1 aliphatic rings. The molecular formula is C20H22N2O2. The van der Waals surface area contributed by atoms with E-state index in [4.69, 9.17) is 0 Å². The van der Waals surface area contributed by atoms with E-state index in [9.17, 15) is 9.59 Å². The van der Waals surface area contributed by atoms with E-state index in [0.717, 1.165) is 41.9 Å². The van der Waals surface area contributed by atoms with Crippen molar-refractivity contribution in [1.29, 1.82) is 0 Å². The van der Waals surface area contributed by atoms with E-state index in [1.807, 2.05) is 55.5 Å². The van der Waals surface area contributed by atoms with Crippen LogP contribution in [0.25, 0.3) is 0 Å². The minimum atomic E-state index is -0.0530. The van der Waals surface area contributed by atoms with Crippen LogP contribution in [-0.4, -0.2) is 18.4 Å². The molecular weight excluding hydrogens is 300 g/mol. The largest absolute Gasteiger partial charge is 0.326 e. The zero-order valence-corrected chi connectivity index (χ0v) is 13.9. The predicted molar refractivity (Wildman–Crippen MR) is 96.2 cm³/mol. The molecule has 0 saturated carbocycles. The van der Waals surface area contributed by atoms with Crippen LogP contribution in [0.3, 0.4) is 0 Å². The Bertz CT molecular complexity index is 755. The van der Waals surface area contributed by atoms with Gasteiger partial charge in [-0.15, -0.1) is 0 Å². The molecule has 1 saturated heterocycles. The Hall–Kier alpha value is -2.62. The number of nitrogens with one attached hydrogen (secondary N) is 1. The van der Waals surface area contributed by atoms with Crippen molar-refractivity contribution >= 4 is 23.2 Å². The topological polar surface area (TPSA) is 49.4 Å². The van der Waals surface area contributed by atoms with Crippen LogP contribution in [0.4, 0.5) is 11.4 Å². The Labute approximate surface area is 142 Å². The average molecular weight is 322 g/mol. The zero-order valence-electron chi connectivity index (χ0n) is 13.9. The number of benzene rings is 2. The van der Waals surface area contributed by atoms with Gasteiger partial charge in [0.25, 0.3) is 0 Å². The van der Waals surface area contributed by atoms with Gasteiger partial charge >= 0.3 is 0 Å². The van der Waals surface area contributed by atoms with Crippen molar-refractivity contribution in [1.82, 2.24) is 0 Å². The number of piperidine rings is 1. The summed E-state index contributed by atoms with van der Waals surface area (Å²) in [7, 11) is 0. The molecule has 0 radical (unpaired) electrons. The van der Waals surface area contributed by atoms with Crippen molar-refractivity contribution in [3.63, 3.8) is 0 Å². The summed E-state index contributed by atoms with van der Waals surface area (Å²) < 4.78 is 0. The van der Waals surface area contributed by atoms with Crippen LogP contribution in [0.1, 0.15) is 30.4 Å². The predicted octanol–water partition coefficient (Wildman–Crippen LogP) is 3.69. The van der Waals surface area contributed by atoms with Gasteiger partial charge < -0.3 is 10.2 Å². The lowest BCUT2D eigenvalue weighted by Gasteiger charge is -2.27. The first-order valence-corrected chi connectivity index (χ1v) is 8.38. The molecule has 4 heteroatoms. The fourth-order valence-electron chi connectivity index (χ4n) is 3.04. The first-order valence-electron chi connectivity index (χ1n) is 8.38. The lowest BCUT2D eigenvalue weighted by Crippen LogP contribution is -2.35. The van der Waals surface area contributed by atoms with Gasteiger partial charge in [0.1, 0.15) is 0 Å². The smallest absolute Gasteiger partial charge is 0.228 e. The molecule has 0 unspecified atom stereocenters. The van der Waals surface area contributed by atoms with Crippen molar-refractivity contribution in [3.8, 4) is 0 Å². The van der Waals surface area contributed by atoms with Gasteiger partial charge in [-0.25, -0.2) is 0 Å². The molecule has 1 aliphatic heterocycles. The van der Waals surface area contributed by atoms with E-state index in [-0.39, 0.29) is 11.8 Å². The molecule has 2 aromatic rings. The number of nitrogens with zero attached hydrogens (tertiary/aromatic N) is 1. The summed E-state index contributed by atoms with van der Waals surface area (Å²) in [5.74, 6) is 0.104. The first-order chi connectivity index (χ1) is 11.6. The molecule has 0 atom stereocenters. The van der Waals surface area contributed by atoms with Crippen LogP contribution in [0, 0.1) is 6.92 Å². The summed E-state index contributed by atoms with van der Waals surface area (Å²) >= 11 is 0. The Morgan fingerprint density at radius 2 is 1.96 bits per heavy atom. The van der Waals surface area contributed by atoms with Crippen molar-refractivity contribution < 1.29 is 9.59 Å². The summed E-state index contributed by atoms with van der Waals surface area (Å²) in [5, 5.41) is 2.93. The van der Waals surface area contributed by atoms with Gasteiger partial charge in [-0.2, -0.15) is 0 Å². The maximum atomic E-state index is 12.3. The van der Waals surface area contributed by atoms with E-state index in [0.29, 0.717) is 12.8 Å². The van der Waals surface area contributed by atoms with Crippen molar-refractivity contribution in [2.24, 2.45) is 0 Å². The molecule has 1 heterocycles. The molecule has 0 aromatic heterocycles. The number of carbonyl (C=O) groups excluding carboxylic acids is 2. The van der Waals surface area contributed by atoms with Gasteiger partial charge in [-0.3, -0.25) is 9.59 Å². The van der Waals surface area contributed by atoms with Gasteiger partial charge in [0.15, 0.2) is 0 Å². The number of rotatable bonds is 4. The molecule has 124 valence electrons. The molecule has 0 spiro atoms. The maximum absolute atomic E-state index is 12.3. The SMILES string of the molecule is Cc1cccc(CC(=O)Nc2cccc(N3CCCCC3=O)c2)c1. The van der Waals surface area contributed by atoms with Crippen molar-refractivity contribution in [2.75, 3.05) is 16.8 Å². The third-order valence-corrected chi connectivity index (χ3v) is 4.21.